The first-order chi connectivity index (χ1) is 19.5. The summed E-state index contributed by atoms with van der Waals surface area (Å²) < 4.78 is 34.8. The number of aryl methyl sites for hydroxylation is 2. The standard InChI is InChI=1S/C36H60O3S.K/c1-3-5-7-9-11-13-15-17-19-21-23-25-32-29-34-27-28-36(40(37,38)39)31-35(34)30-33(32)26-24-22-20-18-16-14-12-10-8-6-4-2;/h27-31H,3-26H2,1-2H3,(H,37,38,39);/q;+1/p-1. The summed E-state index contributed by atoms with van der Waals surface area (Å²) in [5.74, 6) is 0. The van der Waals surface area contributed by atoms with Crippen LogP contribution in [0.1, 0.15) is 166 Å². The zero-order valence-electron chi connectivity index (χ0n) is 27.0. The fraction of sp³-hybridized carbons (Fsp3) is 0.722. The Balaban J connectivity index is 0.00000840. The Morgan fingerprint density at radius 2 is 0.829 bits per heavy atom. The minimum atomic E-state index is -4.44. The Hall–Kier alpha value is 0.246. The van der Waals surface area contributed by atoms with E-state index in [1.165, 1.54) is 158 Å². The molecule has 0 aromatic heterocycles. The van der Waals surface area contributed by atoms with Gasteiger partial charge in [-0.25, -0.2) is 8.42 Å². The normalized spacial score (nSPS) is 11.7. The maximum absolute atomic E-state index is 11.6. The number of fused-ring (bicyclic) bond motifs is 1. The first-order valence-corrected chi connectivity index (χ1v) is 18.4. The monoisotopic (exact) mass is 610 g/mol. The van der Waals surface area contributed by atoms with Gasteiger partial charge < -0.3 is 4.55 Å². The molecule has 2 aromatic carbocycles. The van der Waals surface area contributed by atoms with Gasteiger partial charge in [0.2, 0.25) is 0 Å². The first-order valence-electron chi connectivity index (χ1n) is 17.0. The predicted octanol–water partition coefficient (Wildman–Crippen LogP) is 8.45. The minimum absolute atomic E-state index is 0. The maximum Gasteiger partial charge on any atom is 1.00 e. The molecule has 2 rings (SSSR count). The third kappa shape index (κ3) is 18.0. The van der Waals surface area contributed by atoms with Gasteiger partial charge in [-0.05, 0) is 59.7 Å². The van der Waals surface area contributed by atoms with Gasteiger partial charge in [0.1, 0.15) is 10.1 Å². The van der Waals surface area contributed by atoms with Crippen LogP contribution in [-0.4, -0.2) is 13.0 Å². The Bertz CT molecular complexity index is 1030. The number of benzene rings is 2. The summed E-state index contributed by atoms with van der Waals surface area (Å²) in [6.07, 6.45) is 31.6. The molecule has 0 atom stereocenters. The largest absolute Gasteiger partial charge is 1.00 e. The topological polar surface area (TPSA) is 57.2 Å². The number of hydrogen-bond acceptors (Lipinski definition) is 3. The van der Waals surface area contributed by atoms with Gasteiger partial charge in [0.25, 0.3) is 0 Å². The molecule has 3 nitrogen and oxygen atoms in total. The fourth-order valence-electron chi connectivity index (χ4n) is 5.95. The molecule has 0 saturated heterocycles. The minimum Gasteiger partial charge on any atom is -0.744 e. The van der Waals surface area contributed by atoms with Gasteiger partial charge in [-0.2, -0.15) is 0 Å². The number of unbranched alkanes of at least 4 members (excludes halogenated alkanes) is 20. The SMILES string of the molecule is CCCCCCCCCCCCCc1cc2ccc(S(=O)(=O)[O-])cc2cc1CCCCCCCCCCCCC.[K+]. The Morgan fingerprint density at radius 3 is 1.20 bits per heavy atom. The molecule has 0 amide bonds. The van der Waals surface area contributed by atoms with Gasteiger partial charge in [0.15, 0.2) is 0 Å². The molecule has 2 aromatic rings. The Morgan fingerprint density at radius 1 is 0.488 bits per heavy atom. The summed E-state index contributed by atoms with van der Waals surface area (Å²) in [6, 6.07) is 9.24. The quantitative estimate of drug-likeness (QED) is 0.0644. The van der Waals surface area contributed by atoms with Crippen LogP contribution in [0.15, 0.2) is 35.2 Å². The van der Waals surface area contributed by atoms with E-state index in [0.29, 0.717) is 0 Å². The van der Waals surface area contributed by atoms with E-state index < -0.39 is 10.1 Å². The molecule has 0 aliphatic heterocycles. The van der Waals surface area contributed by atoms with Crippen LogP contribution in [0.4, 0.5) is 0 Å². The average Bonchev–Trinajstić information content (AvgIpc) is 2.93. The molecule has 0 aliphatic carbocycles. The Labute approximate surface area is 296 Å². The smallest absolute Gasteiger partial charge is 0.744 e. The van der Waals surface area contributed by atoms with Crippen molar-refractivity contribution in [1.82, 2.24) is 0 Å². The van der Waals surface area contributed by atoms with Gasteiger partial charge in [-0.1, -0.05) is 160 Å². The van der Waals surface area contributed by atoms with Gasteiger partial charge in [-0.3, -0.25) is 0 Å². The van der Waals surface area contributed by atoms with Crippen molar-refractivity contribution in [1.29, 1.82) is 0 Å². The summed E-state index contributed by atoms with van der Waals surface area (Å²) in [6.45, 7) is 4.55. The molecule has 0 aliphatic rings. The second kappa shape index (κ2) is 24.6. The van der Waals surface area contributed by atoms with Gasteiger partial charge in [-0.15, -0.1) is 0 Å². The first kappa shape index (κ1) is 39.3. The third-order valence-corrected chi connectivity index (χ3v) is 9.35. The van der Waals surface area contributed by atoms with E-state index in [-0.39, 0.29) is 56.3 Å². The van der Waals surface area contributed by atoms with Crippen LogP contribution >= 0.6 is 0 Å². The summed E-state index contributed by atoms with van der Waals surface area (Å²) in [5, 5.41) is 1.91. The summed E-state index contributed by atoms with van der Waals surface area (Å²) in [4.78, 5) is -0.126. The molecule has 0 fully saturated rings. The summed E-state index contributed by atoms with van der Waals surface area (Å²) in [5.41, 5.74) is 2.75. The second-order valence-corrected chi connectivity index (χ2v) is 13.5. The van der Waals surface area contributed by atoms with Crippen LogP contribution in [0.25, 0.3) is 10.8 Å². The number of rotatable bonds is 25. The van der Waals surface area contributed by atoms with Crippen molar-refractivity contribution in [3.63, 3.8) is 0 Å². The van der Waals surface area contributed by atoms with E-state index in [1.54, 1.807) is 12.1 Å². The average molecular weight is 611 g/mol. The van der Waals surface area contributed by atoms with Crippen LogP contribution in [0, 0.1) is 0 Å². The molecule has 0 saturated carbocycles. The van der Waals surface area contributed by atoms with E-state index in [9.17, 15) is 13.0 Å². The molecule has 5 heteroatoms. The predicted molar refractivity (Wildman–Crippen MR) is 172 cm³/mol. The van der Waals surface area contributed by atoms with Crippen molar-refractivity contribution in [2.75, 3.05) is 0 Å². The molecule has 0 N–H and O–H groups in total. The van der Waals surface area contributed by atoms with Crippen molar-refractivity contribution >= 4 is 20.9 Å². The molecule has 0 radical (unpaired) electrons. The van der Waals surface area contributed by atoms with E-state index >= 15 is 0 Å². The van der Waals surface area contributed by atoms with E-state index in [0.717, 1.165) is 23.6 Å². The van der Waals surface area contributed by atoms with Crippen molar-refractivity contribution in [2.24, 2.45) is 0 Å². The third-order valence-electron chi connectivity index (χ3n) is 8.52. The second-order valence-electron chi connectivity index (χ2n) is 12.2. The van der Waals surface area contributed by atoms with Crippen molar-refractivity contribution in [2.45, 2.75) is 173 Å². The van der Waals surface area contributed by atoms with Crippen molar-refractivity contribution < 1.29 is 64.4 Å². The van der Waals surface area contributed by atoms with E-state index in [1.807, 2.05) is 0 Å². The molecule has 0 unspecified atom stereocenters. The van der Waals surface area contributed by atoms with Crippen molar-refractivity contribution in [3.05, 3.63) is 41.5 Å². The summed E-state index contributed by atoms with van der Waals surface area (Å²) in [7, 11) is -4.44. The van der Waals surface area contributed by atoms with Gasteiger partial charge in [0, 0.05) is 0 Å². The van der Waals surface area contributed by atoms with Crippen LogP contribution in [0.2, 0.25) is 0 Å². The fourth-order valence-corrected chi connectivity index (χ4v) is 6.46. The van der Waals surface area contributed by atoms with Gasteiger partial charge >= 0.3 is 51.4 Å². The zero-order chi connectivity index (χ0) is 28.9. The maximum atomic E-state index is 11.6. The molecule has 41 heavy (non-hydrogen) atoms. The molecule has 0 spiro atoms. The molecule has 228 valence electrons. The Kier molecular flexibility index (Phi) is 23.5. The number of hydrogen-bond donors (Lipinski definition) is 0. The van der Waals surface area contributed by atoms with Crippen LogP contribution in [0.5, 0.6) is 0 Å². The van der Waals surface area contributed by atoms with E-state index in [2.05, 4.69) is 26.0 Å². The molecule has 0 bridgehead atoms. The van der Waals surface area contributed by atoms with Gasteiger partial charge in [0.05, 0.1) is 4.90 Å². The molecule has 0 heterocycles. The summed E-state index contributed by atoms with van der Waals surface area (Å²) >= 11 is 0. The molecular weight excluding hydrogens is 552 g/mol. The van der Waals surface area contributed by atoms with Crippen molar-refractivity contribution in [3.8, 4) is 0 Å². The van der Waals surface area contributed by atoms with E-state index in [4.69, 9.17) is 0 Å². The zero-order valence-corrected chi connectivity index (χ0v) is 30.9. The van der Waals surface area contributed by atoms with Crippen LogP contribution < -0.4 is 51.4 Å². The van der Waals surface area contributed by atoms with Crippen LogP contribution in [-0.2, 0) is 23.0 Å². The molecular formula is C36H59KO3S. The van der Waals surface area contributed by atoms with Crippen LogP contribution in [0.3, 0.4) is 0 Å².